The molecule has 2 amide bonds. The standard InChI is InChI=1S/C12H11NO3/c1-7-3-4-10(16-2)8(5-7)9-6-11(14)13-12(9)15/h3-6H,1-2H3,(H,13,14,15). The molecule has 4 nitrogen and oxygen atoms in total. The molecule has 0 aliphatic carbocycles. The van der Waals surface area contributed by atoms with Crippen molar-refractivity contribution >= 4 is 17.4 Å². The fourth-order valence-electron chi connectivity index (χ4n) is 1.64. The Bertz CT molecular complexity index is 503. The highest BCUT2D eigenvalue weighted by atomic mass is 16.5. The van der Waals surface area contributed by atoms with Gasteiger partial charge in [0.05, 0.1) is 12.7 Å². The third kappa shape index (κ3) is 1.69. The number of rotatable bonds is 2. The van der Waals surface area contributed by atoms with Gasteiger partial charge in [0.1, 0.15) is 5.75 Å². The van der Waals surface area contributed by atoms with E-state index in [9.17, 15) is 9.59 Å². The Morgan fingerprint density at radius 1 is 1.25 bits per heavy atom. The van der Waals surface area contributed by atoms with Crippen LogP contribution in [0.3, 0.4) is 0 Å². The second kappa shape index (κ2) is 3.81. The van der Waals surface area contributed by atoms with Gasteiger partial charge in [-0.25, -0.2) is 0 Å². The molecular formula is C12H11NO3. The van der Waals surface area contributed by atoms with Crippen LogP contribution < -0.4 is 10.1 Å². The molecule has 0 atom stereocenters. The SMILES string of the molecule is COc1ccc(C)cc1C1=CC(=O)NC1=O. The number of imide groups is 1. The van der Waals surface area contributed by atoms with Crippen LogP contribution >= 0.6 is 0 Å². The summed E-state index contributed by atoms with van der Waals surface area (Å²) < 4.78 is 5.16. The summed E-state index contributed by atoms with van der Waals surface area (Å²) in [5.41, 5.74) is 2.00. The van der Waals surface area contributed by atoms with Crippen LogP contribution in [0.15, 0.2) is 24.3 Å². The third-order valence-electron chi connectivity index (χ3n) is 2.40. The Kier molecular flexibility index (Phi) is 2.48. The number of benzene rings is 1. The largest absolute Gasteiger partial charge is 0.496 e. The van der Waals surface area contributed by atoms with Crippen LogP contribution in [0.1, 0.15) is 11.1 Å². The van der Waals surface area contributed by atoms with E-state index in [1.54, 1.807) is 6.07 Å². The van der Waals surface area contributed by atoms with E-state index < -0.39 is 0 Å². The lowest BCUT2D eigenvalue weighted by Gasteiger charge is -2.08. The molecule has 2 rings (SSSR count). The first kappa shape index (κ1) is 10.4. The lowest BCUT2D eigenvalue weighted by atomic mass is 10.0. The fraction of sp³-hybridized carbons (Fsp3) is 0.167. The zero-order valence-corrected chi connectivity index (χ0v) is 9.03. The summed E-state index contributed by atoms with van der Waals surface area (Å²) in [6, 6.07) is 5.49. The summed E-state index contributed by atoms with van der Waals surface area (Å²) in [5, 5.41) is 2.21. The normalized spacial score (nSPS) is 14.8. The number of amides is 2. The Hall–Kier alpha value is -2.10. The Labute approximate surface area is 92.9 Å². The molecule has 0 aromatic heterocycles. The molecule has 1 aromatic rings. The van der Waals surface area contributed by atoms with Gasteiger partial charge in [0, 0.05) is 11.6 Å². The smallest absolute Gasteiger partial charge is 0.259 e. The number of carbonyl (C=O) groups excluding carboxylic acids is 2. The Morgan fingerprint density at radius 3 is 2.56 bits per heavy atom. The topological polar surface area (TPSA) is 55.4 Å². The van der Waals surface area contributed by atoms with E-state index in [0.29, 0.717) is 16.9 Å². The van der Waals surface area contributed by atoms with Crippen molar-refractivity contribution in [2.75, 3.05) is 7.11 Å². The Morgan fingerprint density at radius 2 is 2.00 bits per heavy atom. The molecule has 1 heterocycles. The molecule has 0 bridgehead atoms. The van der Waals surface area contributed by atoms with E-state index in [0.717, 1.165) is 5.56 Å². The minimum atomic E-state index is -0.386. The maximum absolute atomic E-state index is 11.5. The van der Waals surface area contributed by atoms with Gasteiger partial charge in [-0.15, -0.1) is 0 Å². The Balaban J connectivity index is 2.55. The molecule has 0 radical (unpaired) electrons. The van der Waals surface area contributed by atoms with E-state index in [1.165, 1.54) is 13.2 Å². The average Bonchev–Trinajstić information content (AvgIpc) is 2.57. The molecule has 0 saturated carbocycles. The second-order valence-electron chi connectivity index (χ2n) is 3.58. The van der Waals surface area contributed by atoms with Crippen molar-refractivity contribution in [3.05, 3.63) is 35.4 Å². The lowest BCUT2D eigenvalue weighted by Crippen LogP contribution is -2.21. The van der Waals surface area contributed by atoms with Gasteiger partial charge in [0.2, 0.25) is 0 Å². The van der Waals surface area contributed by atoms with E-state index in [-0.39, 0.29) is 11.8 Å². The number of nitrogens with one attached hydrogen (secondary N) is 1. The van der Waals surface area contributed by atoms with Gasteiger partial charge >= 0.3 is 0 Å². The van der Waals surface area contributed by atoms with Gasteiger partial charge in [-0.1, -0.05) is 11.6 Å². The van der Waals surface area contributed by atoms with Gasteiger partial charge in [-0.2, -0.15) is 0 Å². The fourth-order valence-corrected chi connectivity index (χ4v) is 1.64. The average molecular weight is 217 g/mol. The second-order valence-corrected chi connectivity index (χ2v) is 3.58. The maximum atomic E-state index is 11.5. The van der Waals surface area contributed by atoms with Crippen molar-refractivity contribution in [3.63, 3.8) is 0 Å². The predicted octanol–water partition coefficient (Wildman–Crippen LogP) is 1.04. The quantitative estimate of drug-likeness (QED) is 0.753. The molecule has 0 saturated heterocycles. The van der Waals surface area contributed by atoms with Crippen molar-refractivity contribution in [2.45, 2.75) is 6.92 Å². The van der Waals surface area contributed by atoms with Crippen LogP contribution in [0.25, 0.3) is 5.57 Å². The predicted molar refractivity (Wildman–Crippen MR) is 58.9 cm³/mol. The van der Waals surface area contributed by atoms with Crippen LogP contribution in [0.2, 0.25) is 0 Å². The molecule has 16 heavy (non-hydrogen) atoms. The minimum Gasteiger partial charge on any atom is -0.496 e. The number of aryl methyl sites for hydroxylation is 1. The molecule has 1 aliphatic rings. The number of hydrogen-bond acceptors (Lipinski definition) is 3. The molecular weight excluding hydrogens is 206 g/mol. The molecule has 0 spiro atoms. The van der Waals surface area contributed by atoms with Gasteiger partial charge < -0.3 is 4.74 Å². The summed E-state index contributed by atoms with van der Waals surface area (Å²) in [6.45, 7) is 1.91. The lowest BCUT2D eigenvalue weighted by molar-refractivity contribution is -0.123. The van der Waals surface area contributed by atoms with Crippen LogP contribution in [-0.2, 0) is 9.59 Å². The van der Waals surface area contributed by atoms with Crippen molar-refractivity contribution in [1.29, 1.82) is 0 Å². The summed E-state index contributed by atoms with van der Waals surface area (Å²) in [7, 11) is 1.53. The van der Waals surface area contributed by atoms with Crippen molar-refractivity contribution in [1.82, 2.24) is 5.32 Å². The third-order valence-corrected chi connectivity index (χ3v) is 2.40. The highest BCUT2D eigenvalue weighted by molar-refractivity contribution is 6.33. The van der Waals surface area contributed by atoms with Crippen molar-refractivity contribution in [2.24, 2.45) is 0 Å². The number of methoxy groups -OCH3 is 1. The van der Waals surface area contributed by atoms with Gasteiger partial charge in [0.15, 0.2) is 0 Å². The minimum absolute atomic E-state index is 0.352. The molecule has 1 aliphatic heterocycles. The molecule has 0 fully saturated rings. The van der Waals surface area contributed by atoms with Crippen molar-refractivity contribution in [3.8, 4) is 5.75 Å². The number of hydrogen-bond donors (Lipinski definition) is 1. The van der Waals surface area contributed by atoms with Gasteiger partial charge in [0.25, 0.3) is 11.8 Å². The summed E-state index contributed by atoms with van der Waals surface area (Å²) >= 11 is 0. The summed E-state index contributed by atoms with van der Waals surface area (Å²) in [6.07, 6.45) is 1.29. The summed E-state index contributed by atoms with van der Waals surface area (Å²) in [4.78, 5) is 22.6. The zero-order chi connectivity index (χ0) is 11.7. The van der Waals surface area contributed by atoms with Gasteiger partial charge in [-0.3, -0.25) is 14.9 Å². The van der Waals surface area contributed by atoms with Gasteiger partial charge in [-0.05, 0) is 19.1 Å². The van der Waals surface area contributed by atoms with Crippen LogP contribution in [0, 0.1) is 6.92 Å². The first-order valence-corrected chi connectivity index (χ1v) is 4.84. The van der Waals surface area contributed by atoms with E-state index in [2.05, 4.69) is 5.32 Å². The van der Waals surface area contributed by atoms with E-state index in [1.807, 2.05) is 19.1 Å². The maximum Gasteiger partial charge on any atom is 0.259 e. The van der Waals surface area contributed by atoms with E-state index in [4.69, 9.17) is 4.74 Å². The number of carbonyl (C=O) groups is 2. The number of ether oxygens (including phenoxy) is 1. The van der Waals surface area contributed by atoms with Crippen LogP contribution in [0.4, 0.5) is 0 Å². The first-order chi connectivity index (χ1) is 7.61. The van der Waals surface area contributed by atoms with Crippen LogP contribution in [-0.4, -0.2) is 18.9 Å². The molecule has 1 aromatic carbocycles. The zero-order valence-electron chi connectivity index (χ0n) is 9.03. The summed E-state index contributed by atoms with van der Waals surface area (Å²) in [5.74, 6) is -0.181. The molecule has 82 valence electrons. The van der Waals surface area contributed by atoms with E-state index >= 15 is 0 Å². The molecule has 1 N–H and O–H groups in total. The molecule has 4 heteroatoms. The molecule has 0 unspecified atom stereocenters. The first-order valence-electron chi connectivity index (χ1n) is 4.84. The van der Waals surface area contributed by atoms with Crippen LogP contribution in [0.5, 0.6) is 5.75 Å². The monoisotopic (exact) mass is 217 g/mol. The highest BCUT2D eigenvalue weighted by Gasteiger charge is 2.24. The van der Waals surface area contributed by atoms with Crippen molar-refractivity contribution < 1.29 is 14.3 Å². The highest BCUT2D eigenvalue weighted by Crippen LogP contribution is 2.28.